The normalized spacial score (nSPS) is 11.8. The van der Waals surface area contributed by atoms with Gasteiger partial charge in [0, 0.05) is 11.7 Å². The van der Waals surface area contributed by atoms with Gasteiger partial charge in [-0.1, -0.05) is 39.0 Å². The zero-order valence-electron chi connectivity index (χ0n) is 14.9. The van der Waals surface area contributed by atoms with Gasteiger partial charge < -0.3 is 10.6 Å². The number of carbonyl (C=O) groups is 1. The third-order valence-electron chi connectivity index (χ3n) is 4.13. The lowest BCUT2D eigenvalue weighted by Gasteiger charge is -2.15. The summed E-state index contributed by atoms with van der Waals surface area (Å²) in [6, 6.07) is 6.43. The molecule has 1 aromatic heterocycles. The highest BCUT2D eigenvalue weighted by atomic mass is 16.1. The van der Waals surface area contributed by atoms with Crippen molar-refractivity contribution in [2.75, 3.05) is 5.32 Å². The highest BCUT2D eigenvalue weighted by Gasteiger charge is 2.11. The van der Waals surface area contributed by atoms with Crippen LogP contribution in [-0.2, 0) is 12.8 Å². The first-order valence-corrected chi connectivity index (χ1v) is 8.59. The Labute approximate surface area is 143 Å². The van der Waals surface area contributed by atoms with Crippen molar-refractivity contribution < 1.29 is 4.79 Å². The zero-order valence-corrected chi connectivity index (χ0v) is 14.9. The van der Waals surface area contributed by atoms with Gasteiger partial charge in [-0.15, -0.1) is 0 Å². The summed E-state index contributed by atoms with van der Waals surface area (Å²) < 4.78 is 0. The zero-order chi connectivity index (χ0) is 17.5. The molecule has 1 atom stereocenters. The first-order chi connectivity index (χ1) is 11.6. The van der Waals surface area contributed by atoms with E-state index in [4.69, 9.17) is 0 Å². The topological polar surface area (TPSA) is 66.9 Å². The Balaban J connectivity index is 2.17. The molecule has 1 amide bonds. The lowest BCUT2D eigenvalue weighted by atomic mass is 10.0. The second kappa shape index (κ2) is 8.43. The predicted octanol–water partition coefficient (Wildman–Crippen LogP) is 3.87. The second-order valence-corrected chi connectivity index (χ2v) is 5.85. The summed E-state index contributed by atoms with van der Waals surface area (Å²) in [5.74, 6) is 0.456. The van der Waals surface area contributed by atoms with Crippen LogP contribution in [0.1, 0.15) is 55.7 Å². The molecule has 0 saturated carbocycles. The van der Waals surface area contributed by atoms with E-state index in [-0.39, 0.29) is 11.9 Å². The monoisotopic (exact) mass is 326 g/mol. The van der Waals surface area contributed by atoms with Crippen LogP contribution in [-0.4, -0.2) is 21.9 Å². The Bertz CT molecular complexity index is 660. The van der Waals surface area contributed by atoms with Crippen LogP contribution in [0.5, 0.6) is 0 Å². The smallest absolute Gasteiger partial charge is 0.271 e. The van der Waals surface area contributed by atoms with Gasteiger partial charge >= 0.3 is 0 Å². The van der Waals surface area contributed by atoms with Crippen molar-refractivity contribution in [3.63, 3.8) is 0 Å². The SMILES string of the molecule is CCc1cccc(CC)c1Nc1cnc(C(=O)NC(C)CC)cn1. The van der Waals surface area contributed by atoms with Crippen molar-refractivity contribution in [2.45, 2.75) is 53.0 Å². The molecule has 0 spiro atoms. The largest absolute Gasteiger partial charge is 0.348 e. The van der Waals surface area contributed by atoms with E-state index in [1.165, 1.54) is 17.3 Å². The quantitative estimate of drug-likeness (QED) is 0.810. The standard InChI is InChI=1S/C19H26N4O/c1-5-13(4)22-19(24)16-11-21-17(12-20-16)23-18-14(6-2)9-8-10-15(18)7-3/h8-13H,5-7H2,1-4H3,(H,21,23)(H,22,24). The third-order valence-corrected chi connectivity index (χ3v) is 4.13. The Morgan fingerprint density at radius 2 is 1.75 bits per heavy atom. The average Bonchev–Trinajstić information content (AvgIpc) is 2.62. The first-order valence-electron chi connectivity index (χ1n) is 8.59. The van der Waals surface area contributed by atoms with Crippen LogP contribution in [0.2, 0.25) is 0 Å². The summed E-state index contributed by atoms with van der Waals surface area (Å²) in [6.07, 6.45) is 5.89. The molecule has 0 fully saturated rings. The number of para-hydroxylation sites is 1. The van der Waals surface area contributed by atoms with E-state index in [1.54, 1.807) is 6.20 Å². The van der Waals surface area contributed by atoms with Crippen LogP contribution in [0.25, 0.3) is 0 Å². The fourth-order valence-corrected chi connectivity index (χ4v) is 2.44. The molecule has 0 aliphatic rings. The molecule has 2 rings (SSSR count). The number of rotatable bonds is 7. The fourth-order valence-electron chi connectivity index (χ4n) is 2.44. The molecule has 128 valence electrons. The van der Waals surface area contributed by atoms with Gasteiger partial charge in [-0.25, -0.2) is 9.97 Å². The van der Waals surface area contributed by atoms with Crippen molar-refractivity contribution in [1.29, 1.82) is 0 Å². The summed E-state index contributed by atoms with van der Waals surface area (Å²) in [4.78, 5) is 20.6. The molecule has 5 heteroatoms. The molecule has 0 radical (unpaired) electrons. The van der Waals surface area contributed by atoms with E-state index in [0.717, 1.165) is 24.9 Å². The van der Waals surface area contributed by atoms with E-state index in [2.05, 4.69) is 52.6 Å². The molecule has 24 heavy (non-hydrogen) atoms. The predicted molar refractivity (Wildman–Crippen MR) is 97.7 cm³/mol. The van der Waals surface area contributed by atoms with E-state index in [1.807, 2.05) is 13.8 Å². The lowest BCUT2D eigenvalue weighted by molar-refractivity contribution is 0.0934. The summed E-state index contributed by atoms with van der Waals surface area (Å²) in [5.41, 5.74) is 3.92. The number of aromatic nitrogens is 2. The molecule has 1 aromatic carbocycles. The maximum absolute atomic E-state index is 12.1. The van der Waals surface area contributed by atoms with Gasteiger partial charge in [0.05, 0.1) is 12.4 Å². The molecule has 5 nitrogen and oxygen atoms in total. The van der Waals surface area contributed by atoms with E-state index < -0.39 is 0 Å². The van der Waals surface area contributed by atoms with Gasteiger partial charge in [-0.2, -0.15) is 0 Å². The van der Waals surface area contributed by atoms with Gasteiger partial charge in [-0.3, -0.25) is 4.79 Å². The van der Waals surface area contributed by atoms with Gasteiger partial charge in [-0.05, 0) is 37.3 Å². The number of nitrogens with zero attached hydrogens (tertiary/aromatic N) is 2. The maximum Gasteiger partial charge on any atom is 0.271 e. The van der Waals surface area contributed by atoms with Crippen molar-refractivity contribution >= 4 is 17.4 Å². The van der Waals surface area contributed by atoms with Crippen LogP contribution in [0.15, 0.2) is 30.6 Å². The van der Waals surface area contributed by atoms with Crippen LogP contribution in [0, 0.1) is 0 Å². The van der Waals surface area contributed by atoms with Crippen LogP contribution in [0.3, 0.4) is 0 Å². The molecule has 1 unspecified atom stereocenters. The Hall–Kier alpha value is -2.43. The van der Waals surface area contributed by atoms with Crippen molar-refractivity contribution in [3.8, 4) is 0 Å². The number of nitrogens with one attached hydrogen (secondary N) is 2. The number of aryl methyl sites for hydroxylation is 2. The molecule has 2 aromatic rings. The summed E-state index contributed by atoms with van der Waals surface area (Å²) >= 11 is 0. The first kappa shape index (κ1) is 17.9. The van der Waals surface area contributed by atoms with Crippen molar-refractivity contribution in [2.24, 2.45) is 0 Å². The van der Waals surface area contributed by atoms with Gasteiger partial charge in [0.25, 0.3) is 5.91 Å². The number of anilines is 2. The van der Waals surface area contributed by atoms with Gasteiger partial charge in [0.15, 0.2) is 0 Å². The molecule has 0 saturated heterocycles. The Morgan fingerprint density at radius 3 is 2.25 bits per heavy atom. The van der Waals surface area contributed by atoms with Crippen molar-refractivity contribution in [1.82, 2.24) is 15.3 Å². The lowest BCUT2D eigenvalue weighted by Crippen LogP contribution is -2.32. The minimum Gasteiger partial charge on any atom is -0.348 e. The third kappa shape index (κ3) is 4.31. The van der Waals surface area contributed by atoms with Crippen molar-refractivity contribution in [3.05, 3.63) is 47.4 Å². The van der Waals surface area contributed by atoms with Crippen LogP contribution in [0.4, 0.5) is 11.5 Å². The fraction of sp³-hybridized carbons (Fsp3) is 0.421. The van der Waals surface area contributed by atoms with Gasteiger partial charge in [0.1, 0.15) is 11.5 Å². The summed E-state index contributed by atoms with van der Waals surface area (Å²) in [7, 11) is 0. The molecule has 2 N–H and O–H groups in total. The maximum atomic E-state index is 12.1. The van der Waals surface area contributed by atoms with Crippen LogP contribution >= 0.6 is 0 Å². The van der Waals surface area contributed by atoms with E-state index in [9.17, 15) is 4.79 Å². The Kier molecular flexibility index (Phi) is 6.29. The number of benzene rings is 1. The Morgan fingerprint density at radius 1 is 1.08 bits per heavy atom. The minimum absolute atomic E-state index is 0.126. The molecule has 0 bridgehead atoms. The second-order valence-electron chi connectivity index (χ2n) is 5.85. The molecular formula is C19H26N4O. The summed E-state index contributed by atoms with van der Waals surface area (Å²) in [5, 5.41) is 6.25. The minimum atomic E-state index is -0.188. The van der Waals surface area contributed by atoms with E-state index in [0.29, 0.717) is 11.5 Å². The number of hydrogen-bond acceptors (Lipinski definition) is 4. The van der Waals surface area contributed by atoms with E-state index >= 15 is 0 Å². The average molecular weight is 326 g/mol. The highest BCUT2D eigenvalue weighted by Crippen LogP contribution is 2.25. The molecule has 1 heterocycles. The van der Waals surface area contributed by atoms with Gasteiger partial charge in [0.2, 0.25) is 0 Å². The number of carbonyl (C=O) groups excluding carboxylic acids is 1. The number of hydrogen-bond donors (Lipinski definition) is 2. The summed E-state index contributed by atoms with van der Waals surface area (Å²) in [6.45, 7) is 8.26. The van der Waals surface area contributed by atoms with Crippen LogP contribution < -0.4 is 10.6 Å². The molecule has 0 aliphatic heterocycles. The molecule has 0 aliphatic carbocycles. The molecular weight excluding hydrogens is 300 g/mol. The highest BCUT2D eigenvalue weighted by molar-refractivity contribution is 5.92. The number of amides is 1.